The van der Waals surface area contributed by atoms with E-state index in [0.717, 1.165) is 0 Å². The van der Waals surface area contributed by atoms with Gasteiger partial charge in [-0.25, -0.2) is 14.8 Å². The second kappa shape index (κ2) is 12.2. The van der Waals surface area contributed by atoms with Crippen LogP contribution in [0.15, 0.2) is 42.7 Å². The van der Waals surface area contributed by atoms with Gasteiger partial charge in [0.2, 0.25) is 5.95 Å². The molecule has 0 bridgehead atoms. The summed E-state index contributed by atoms with van der Waals surface area (Å²) in [5.41, 5.74) is 0. The van der Waals surface area contributed by atoms with Gasteiger partial charge in [0.05, 0.1) is 12.4 Å². The van der Waals surface area contributed by atoms with E-state index in [4.69, 9.17) is 14.6 Å². The number of carbonyl (C=O) groups excluding carboxylic acids is 2. The molecule has 2 amide bonds. The van der Waals surface area contributed by atoms with Crippen molar-refractivity contribution in [2.75, 3.05) is 39.5 Å². The van der Waals surface area contributed by atoms with Crippen LogP contribution < -0.4 is 10.1 Å². The van der Waals surface area contributed by atoms with Crippen LogP contribution in [0.3, 0.4) is 0 Å². The van der Waals surface area contributed by atoms with Crippen LogP contribution in [0.2, 0.25) is 0 Å². The quantitative estimate of drug-likeness (QED) is 0.630. The molecule has 0 aliphatic heterocycles. The molecule has 0 aliphatic carbocycles. The molecule has 32 heavy (non-hydrogen) atoms. The van der Waals surface area contributed by atoms with Gasteiger partial charge in [0.25, 0.3) is 0 Å². The third-order valence-electron chi connectivity index (χ3n) is 3.50. The molecular formula is C19H22F3N5O5. The number of halogens is 3. The Bertz CT molecular complexity index is 892. The Labute approximate surface area is 181 Å². The first kappa shape index (κ1) is 26.3. The molecule has 0 atom stereocenters. The van der Waals surface area contributed by atoms with Gasteiger partial charge in [-0.1, -0.05) is 18.2 Å². The van der Waals surface area contributed by atoms with E-state index in [1.165, 1.54) is 17.3 Å². The van der Waals surface area contributed by atoms with Crippen molar-refractivity contribution < 1.29 is 37.4 Å². The number of aliphatic carboxylic acids is 1. The van der Waals surface area contributed by atoms with Crippen molar-refractivity contribution in [2.24, 2.45) is 0 Å². The number of likely N-dealkylation sites (N-methyl/N-ethyl adjacent to an activating group) is 2. The number of aromatic nitrogens is 2. The van der Waals surface area contributed by atoms with E-state index >= 15 is 0 Å². The minimum Gasteiger partial charge on any atom is -0.475 e. The summed E-state index contributed by atoms with van der Waals surface area (Å²) in [6.45, 7) is 1.11. The Morgan fingerprint density at radius 3 is 2.00 bits per heavy atom. The third kappa shape index (κ3) is 9.84. The molecule has 0 radical (unpaired) electrons. The Morgan fingerprint density at radius 1 is 1.00 bits per heavy atom. The highest BCUT2D eigenvalue weighted by Gasteiger charge is 2.38. The first-order chi connectivity index (χ1) is 14.9. The van der Waals surface area contributed by atoms with Crippen LogP contribution >= 0.6 is 0 Å². The number of nitrogens with one attached hydrogen (secondary N) is 1. The third-order valence-corrected chi connectivity index (χ3v) is 3.50. The van der Waals surface area contributed by atoms with E-state index in [9.17, 15) is 22.8 Å². The summed E-state index contributed by atoms with van der Waals surface area (Å²) in [4.78, 5) is 44.1. The summed E-state index contributed by atoms with van der Waals surface area (Å²) in [5, 5.41) is 9.50. The van der Waals surface area contributed by atoms with Crippen molar-refractivity contribution in [3.05, 3.63) is 42.7 Å². The van der Waals surface area contributed by atoms with Crippen molar-refractivity contribution in [3.63, 3.8) is 0 Å². The van der Waals surface area contributed by atoms with Gasteiger partial charge in [-0.2, -0.15) is 13.2 Å². The van der Waals surface area contributed by atoms with Gasteiger partial charge >= 0.3 is 24.0 Å². The van der Waals surface area contributed by atoms with Gasteiger partial charge in [-0.15, -0.1) is 0 Å². The number of benzene rings is 1. The Hall–Kier alpha value is -3.74. The molecule has 174 valence electrons. The first-order valence-corrected chi connectivity index (χ1v) is 8.96. The van der Waals surface area contributed by atoms with Gasteiger partial charge in [0.15, 0.2) is 5.75 Å². The lowest BCUT2D eigenvalue weighted by Crippen LogP contribution is -2.40. The van der Waals surface area contributed by atoms with Gasteiger partial charge in [0, 0.05) is 20.1 Å². The maximum atomic E-state index is 12.0. The zero-order valence-electron chi connectivity index (χ0n) is 17.5. The van der Waals surface area contributed by atoms with Crippen LogP contribution in [-0.4, -0.2) is 83.1 Å². The molecule has 0 spiro atoms. The summed E-state index contributed by atoms with van der Waals surface area (Å²) in [6, 6.07) is 9.19. The molecule has 0 saturated carbocycles. The summed E-state index contributed by atoms with van der Waals surface area (Å²) in [5.74, 6) is -3.06. The number of para-hydroxylation sites is 1. The van der Waals surface area contributed by atoms with Crippen LogP contribution in [0.25, 0.3) is 0 Å². The van der Waals surface area contributed by atoms with Gasteiger partial charge in [0.1, 0.15) is 5.75 Å². The van der Waals surface area contributed by atoms with Crippen LogP contribution in [0.4, 0.5) is 19.1 Å². The Balaban J connectivity index is 0.000000633. The SMILES string of the molecule is CN(C)CCN(C)C(=O)C(=O)Nc1ncc(Oc2ccccc2)cn1.O=C(O)C(F)(F)F. The second-order valence-electron chi connectivity index (χ2n) is 6.44. The molecule has 0 unspecified atom stereocenters. The van der Waals surface area contributed by atoms with E-state index in [0.29, 0.717) is 24.6 Å². The number of ether oxygens (including phenoxy) is 1. The average Bonchev–Trinajstić information content (AvgIpc) is 2.73. The molecule has 1 heterocycles. The molecule has 1 aromatic carbocycles. The van der Waals surface area contributed by atoms with Crippen LogP contribution in [0, 0.1) is 0 Å². The predicted molar refractivity (Wildman–Crippen MR) is 107 cm³/mol. The molecule has 10 nitrogen and oxygen atoms in total. The first-order valence-electron chi connectivity index (χ1n) is 8.96. The monoisotopic (exact) mass is 457 g/mol. The summed E-state index contributed by atoms with van der Waals surface area (Å²) < 4.78 is 37.3. The number of anilines is 1. The fourth-order valence-electron chi connectivity index (χ4n) is 1.84. The molecule has 0 fully saturated rings. The zero-order chi connectivity index (χ0) is 24.3. The van der Waals surface area contributed by atoms with Crippen LogP contribution in [0.5, 0.6) is 11.5 Å². The van der Waals surface area contributed by atoms with E-state index in [-0.39, 0.29) is 5.95 Å². The topological polar surface area (TPSA) is 125 Å². The number of carboxylic acid groups (broad SMARTS) is 1. The zero-order valence-corrected chi connectivity index (χ0v) is 17.5. The highest BCUT2D eigenvalue weighted by molar-refractivity contribution is 6.39. The molecule has 2 aromatic rings. The lowest BCUT2D eigenvalue weighted by molar-refractivity contribution is -0.192. The molecular weight excluding hydrogens is 435 g/mol. The van der Waals surface area contributed by atoms with Crippen molar-refractivity contribution in [1.82, 2.24) is 19.8 Å². The second-order valence-corrected chi connectivity index (χ2v) is 6.44. The number of amides is 2. The molecule has 2 rings (SSSR count). The molecule has 2 N–H and O–H groups in total. The van der Waals surface area contributed by atoms with E-state index in [1.807, 2.05) is 37.2 Å². The number of rotatable bonds is 6. The normalized spacial score (nSPS) is 10.6. The molecule has 13 heteroatoms. The number of carbonyl (C=O) groups is 3. The lowest BCUT2D eigenvalue weighted by atomic mass is 10.3. The smallest absolute Gasteiger partial charge is 0.475 e. The lowest BCUT2D eigenvalue weighted by Gasteiger charge is -2.18. The number of alkyl halides is 3. The van der Waals surface area contributed by atoms with Crippen molar-refractivity contribution >= 4 is 23.7 Å². The van der Waals surface area contributed by atoms with E-state index in [1.54, 1.807) is 19.2 Å². The molecule has 1 aromatic heterocycles. The summed E-state index contributed by atoms with van der Waals surface area (Å²) >= 11 is 0. The van der Waals surface area contributed by atoms with Crippen molar-refractivity contribution in [3.8, 4) is 11.5 Å². The van der Waals surface area contributed by atoms with Crippen molar-refractivity contribution in [2.45, 2.75) is 6.18 Å². The molecule has 0 aliphatic rings. The van der Waals surface area contributed by atoms with E-state index in [2.05, 4.69) is 15.3 Å². The average molecular weight is 457 g/mol. The largest absolute Gasteiger partial charge is 0.490 e. The molecule has 0 saturated heterocycles. The number of hydrogen-bond acceptors (Lipinski definition) is 7. The Kier molecular flexibility index (Phi) is 10.0. The van der Waals surface area contributed by atoms with Gasteiger partial charge in [-0.3, -0.25) is 14.9 Å². The van der Waals surface area contributed by atoms with Gasteiger partial charge in [-0.05, 0) is 26.2 Å². The number of hydrogen-bond donors (Lipinski definition) is 2. The van der Waals surface area contributed by atoms with Crippen LogP contribution in [0.1, 0.15) is 0 Å². The fourth-order valence-corrected chi connectivity index (χ4v) is 1.84. The maximum absolute atomic E-state index is 12.0. The predicted octanol–water partition coefficient (Wildman–Crippen LogP) is 1.86. The maximum Gasteiger partial charge on any atom is 0.490 e. The number of carboxylic acids is 1. The van der Waals surface area contributed by atoms with Crippen molar-refractivity contribution in [1.29, 1.82) is 0 Å². The standard InChI is InChI=1S/C17H21N5O3.C2HF3O2/c1-21(2)9-10-22(3)16(24)15(23)20-17-18-11-14(12-19-17)25-13-7-5-4-6-8-13;3-2(4,5)1(6)7/h4-8,11-12H,9-10H2,1-3H3,(H,18,19,20,23);(H,6,7). The summed E-state index contributed by atoms with van der Waals surface area (Å²) in [6.07, 6.45) is -2.23. The van der Waals surface area contributed by atoms with E-state index < -0.39 is 24.0 Å². The van der Waals surface area contributed by atoms with Crippen LogP contribution in [-0.2, 0) is 14.4 Å². The summed E-state index contributed by atoms with van der Waals surface area (Å²) in [7, 11) is 5.36. The Morgan fingerprint density at radius 2 is 1.53 bits per heavy atom. The fraction of sp³-hybridized carbons (Fsp3) is 0.316. The minimum atomic E-state index is -5.08. The van der Waals surface area contributed by atoms with Gasteiger partial charge < -0.3 is 19.6 Å². The minimum absolute atomic E-state index is 0.0415. The highest BCUT2D eigenvalue weighted by atomic mass is 19.4. The number of nitrogens with zero attached hydrogens (tertiary/aromatic N) is 4. The highest BCUT2D eigenvalue weighted by Crippen LogP contribution is 2.19.